The maximum atomic E-state index is 13.2. The van der Waals surface area contributed by atoms with Gasteiger partial charge in [0.25, 0.3) is 11.6 Å². The first-order valence-electron chi connectivity index (χ1n) is 11.2. The number of fused-ring (bicyclic) bond motifs is 1. The van der Waals surface area contributed by atoms with Gasteiger partial charge in [0.2, 0.25) is 0 Å². The number of benzene rings is 3. The quantitative estimate of drug-likeness (QED) is 0.202. The third kappa shape index (κ3) is 4.98. The van der Waals surface area contributed by atoms with Crippen molar-refractivity contribution in [1.82, 2.24) is 14.6 Å². The number of rotatable bonds is 6. The smallest absolute Gasteiger partial charge is 0.275 e. The molecule has 0 saturated heterocycles. The number of aromatic nitrogens is 3. The molecule has 9 nitrogen and oxygen atoms in total. The summed E-state index contributed by atoms with van der Waals surface area (Å²) in [6.07, 6.45) is 3.03. The van der Waals surface area contributed by atoms with Crippen LogP contribution in [0.25, 0.3) is 16.9 Å². The lowest BCUT2D eigenvalue weighted by Crippen LogP contribution is -2.12. The molecule has 0 fully saturated rings. The number of nitrogens with one attached hydrogen (secondary N) is 1. The van der Waals surface area contributed by atoms with Crippen molar-refractivity contribution in [3.05, 3.63) is 111 Å². The second-order valence-electron chi connectivity index (χ2n) is 8.43. The number of halogens is 1. The van der Waals surface area contributed by atoms with E-state index < -0.39 is 10.8 Å². The molecular formula is C27H20ClN5O4. The monoisotopic (exact) mass is 513 g/mol. The summed E-state index contributed by atoms with van der Waals surface area (Å²) >= 11 is 6.01. The van der Waals surface area contributed by atoms with E-state index in [1.807, 2.05) is 44.2 Å². The van der Waals surface area contributed by atoms with Crippen molar-refractivity contribution in [3.8, 4) is 22.8 Å². The van der Waals surface area contributed by atoms with Crippen molar-refractivity contribution in [2.24, 2.45) is 0 Å². The number of carbonyl (C=O) groups excluding carboxylic acids is 1. The van der Waals surface area contributed by atoms with E-state index in [0.29, 0.717) is 16.4 Å². The topological polar surface area (TPSA) is 112 Å². The lowest BCUT2D eigenvalue weighted by Gasteiger charge is -2.11. The van der Waals surface area contributed by atoms with Gasteiger partial charge in [0.1, 0.15) is 17.1 Å². The average Bonchev–Trinajstić information content (AvgIpc) is 3.31. The summed E-state index contributed by atoms with van der Waals surface area (Å²) < 4.78 is 7.46. The lowest BCUT2D eigenvalue weighted by molar-refractivity contribution is -0.384. The van der Waals surface area contributed by atoms with E-state index >= 15 is 0 Å². The van der Waals surface area contributed by atoms with Gasteiger partial charge in [0.15, 0.2) is 5.65 Å². The number of carbonyl (C=O) groups is 1. The minimum atomic E-state index is -0.554. The van der Waals surface area contributed by atoms with Crippen LogP contribution in [-0.2, 0) is 0 Å². The van der Waals surface area contributed by atoms with Crippen LogP contribution in [0.2, 0.25) is 5.02 Å². The fraction of sp³-hybridized carbons (Fsp3) is 0.0741. The number of nitro groups is 1. The summed E-state index contributed by atoms with van der Waals surface area (Å²) in [4.78, 5) is 28.5. The van der Waals surface area contributed by atoms with Gasteiger partial charge in [0.05, 0.1) is 28.6 Å². The zero-order valence-corrected chi connectivity index (χ0v) is 20.6. The average molecular weight is 514 g/mol. The Kier molecular flexibility index (Phi) is 6.29. The largest absolute Gasteiger partial charge is 0.457 e. The zero-order chi connectivity index (χ0) is 26.1. The Labute approximate surface area is 216 Å². The van der Waals surface area contributed by atoms with Gasteiger partial charge < -0.3 is 10.1 Å². The highest BCUT2D eigenvalue weighted by atomic mass is 35.5. The minimum Gasteiger partial charge on any atom is -0.457 e. The Morgan fingerprint density at radius 2 is 1.84 bits per heavy atom. The standard InChI is InChI=1S/C27H20ClN5O4/c1-16-3-5-18(6-4-16)24-9-10-29-26-23(15-30-32(24)26)27(34)31-20-12-21(33(35)36)14-22(13-20)37-25-8-7-19(28)11-17(25)2/h3-15H,1-2H3,(H,31,34). The fourth-order valence-electron chi connectivity index (χ4n) is 3.87. The molecule has 10 heteroatoms. The number of hydrogen-bond donors (Lipinski definition) is 1. The van der Waals surface area contributed by atoms with E-state index in [9.17, 15) is 14.9 Å². The number of ether oxygens (including phenoxy) is 1. The van der Waals surface area contributed by atoms with E-state index in [4.69, 9.17) is 16.3 Å². The summed E-state index contributed by atoms with van der Waals surface area (Å²) in [6.45, 7) is 3.81. The van der Waals surface area contributed by atoms with Crippen molar-refractivity contribution < 1.29 is 14.5 Å². The van der Waals surface area contributed by atoms with Gasteiger partial charge in [-0.2, -0.15) is 5.10 Å². The van der Waals surface area contributed by atoms with E-state index in [-0.39, 0.29) is 22.7 Å². The highest BCUT2D eigenvalue weighted by Gasteiger charge is 2.19. The van der Waals surface area contributed by atoms with Crippen LogP contribution >= 0.6 is 11.6 Å². The van der Waals surface area contributed by atoms with Gasteiger partial charge in [-0.1, -0.05) is 41.4 Å². The van der Waals surface area contributed by atoms with Gasteiger partial charge in [-0.05, 0) is 43.7 Å². The van der Waals surface area contributed by atoms with Gasteiger partial charge in [-0.3, -0.25) is 14.9 Å². The Hall–Kier alpha value is -4.76. The maximum Gasteiger partial charge on any atom is 0.275 e. The third-order valence-corrected chi connectivity index (χ3v) is 5.95. The number of hydrogen-bond acceptors (Lipinski definition) is 6. The molecular weight excluding hydrogens is 494 g/mol. The molecule has 0 bridgehead atoms. The molecule has 2 heterocycles. The highest BCUT2D eigenvalue weighted by molar-refractivity contribution is 6.30. The van der Waals surface area contributed by atoms with E-state index in [1.54, 1.807) is 28.9 Å². The Balaban J connectivity index is 1.46. The molecule has 0 atom stereocenters. The van der Waals surface area contributed by atoms with Crippen LogP contribution in [0.5, 0.6) is 11.5 Å². The molecule has 0 saturated carbocycles. The van der Waals surface area contributed by atoms with Crippen LogP contribution in [0.15, 0.2) is 79.1 Å². The van der Waals surface area contributed by atoms with Gasteiger partial charge in [-0.15, -0.1) is 0 Å². The van der Waals surface area contributed by atoms with E-state index in [2.05, 4.69) is 15.4 Å². The van der Waals surface area contributed by atoms with Gasteiger partial charge in [-0.25, -0.2) is 9.50 Å². The second kappa shape index (κ2) is 9.71. The van der Waals surface area contributed by atoms with E-state index in [0.717, 1.165) is 22.4 Å². The molecule has 0 spiro atoms. The molecule has 0 radical (unpaired) electrons. The summed E-state index contributed by atoms with van der Waals surface area (Å²) in [7, 11) is 0. The second-order valence-corrected chi connectivity index (χ2v) is 8.86. The number of nitro benzene ring substituents is 1. The van der Waals surface area contributed by atoms with Gasteiger partial charge in [0, 0.05) is 28.9 Å². The van der Waals surface area contributed by atoms with Crippen LogP contribution < -0.4 is 10.1 Å². The van der Waals surface area contributed by atoms with Crippen LogP contribution in [0.3, 0.4) is 0 Å². The predicted molar refractivity (Wildman–Crippen MR) is 140 cm³/mol. The molecule has 0 aliphatic rings. The lowest BCUT2D eigenvalue weighted by atomic mass is 10.1. The highest BCUT2D eigenvalue weighted by Crippen LogP contribution is 2.32. The molecule has 1 amide bonds. The molecule has 0 aliphatic carbocycles. The van der Waals surface area contributed by atoms with Crippen LogP contribution in [0, 0.1) is 24.0 Å². The SMILES string of the molecule is Cc1ccc(-c2ccnc3c(C(=O)Nc4cc(Oc5ccc(Cl)cc5C)cc([N+](=O)[O-])c4)cnn23)cc1. The fourth-order valence-corrected chi connectivity index (χ4v) is 4.09. The first-order valence-corrected chi connectivity index (χ1v) is 11.6. The summed E-state index contributed by atoms with van der Waals surface area (Å²) in [5.41, 5.74) is 4.10. The molecule has 184 valence electrons. The zero-order valence-electron chi connectivity index (χ0n) is 19.8. The maximum absolute atomic E-state index is 13.2. The molecule has 3 aromatic carbocycles. The van der Waals surface area contributed by atoms with Crippen LogP contribution in [0.4, 0.5) is 11.4 Å². The number of amides is 1. The van der Waals surface area contributed by atoms with Crippen molar-refractivity contribution in [3.63, 3.8) is 0 Å². The molecule has 0 unspecified atom stereocenters. The van der Waals surface area contributed by atoms with Crippen molar-refractivity contribution in [2.75, 3.05) is 5.32 Å². The van der Waals surface area contributed by atoms with Crippen molar-refractivity contribution in [1.29, 1.82) is 0 Å². The normalized spacial score (nSPS) is 10.9. The number of non-ortho nitro benzene ring substituents is 1. The van der Waals surface area contributed by atoms with Crippen molar-refractivity contribution in [2.45, 2.75) is 13.8 Å². The number of aryl methyl sites for hydroxylation is 2. The first kappa shape index (κ1) is 24.0. The molecule has 1 N–H and O–H groups in total. The van der Waals surface area contributed by atoms with Crippen molar-refractivity contribution >= 4 is 34.5 Å². The molecule has 37 heavy (non-hydrogen) atoms. The van der Waals surface area contributed by atoms with Gasteiger partial charge >= 0.3 is 0 Å². The van der Waals surface area contributed by atoms with E-state index in [1.165, 1.54) is 24.4 Å². The predicted octanol–water partition coefficient (Wildman–Crippen LogP) is 6.62. The Morgan fingerprint density at radius 3 is 2.57 bits per heavy atom. The molecule has 5 aromatic rings. The molecule has 5 rings (SSSR count). The minimum absolute atomic E-state index is 0.189. The summed E-state index contributed by atoms with van der Waals surface area (Å²) in [5, 5.41) is 19.2. The van der Waals surface area contributed by atoms with Crippen LogP contribution in [-0.4, -0.2) is 25.4 Å². The molecule has 0 aliphatic heterocycles. The Morgan fingerprint density at radius 1 is 1.05 bits per heavy atom. The number of anilines is 1. The third-order valence-electron chi connectivity index (χ3n) is 5.72. The van der Waals surface area contributed by atoms with Crippen LogP contribution in [0.1, 0.15) is 21.5 Å². The number of nitrogens with zero attached hydrogens (tertiary/aromatic N) is 4. The Bertz CT molecular complexity index is 1660. The summed E-state index contributed by atoms with van der Waals surface area (Å²) in [5.74, 6) is 0.157. The summed E-state index contributed by atoms with van der Waals surface area (Å²) in [6, 6.07) is 18.9. The first-order chi connectivity index (χ1) is 17.8. The molecule has 2 aromatic heterocycles.